The van der Waals surface area contributed by atoms with E-state index < -0.39 is 12.1 Å². The number of aryl methyl sites for hydroxylation is 1. The molecule has 2 aliphatic rings. The molecule has 0 saturated heterocycles. The van der Waals surface area contributed by atoms with Crippen LogP contribution in [0.15, 0.2) is 24.3 Å². The molecule has 0 bridgehead atoms. The fourth-order valence-corrected chi connectivity index (χ4v) is 4.79. The Labute approximate surface area is 176 Å². The minimum absolute atomic E-state index is 0.118. The number of ether oxygens (including phenoxy) is 1. The Hall–Kier alpha value is -1.38. The van der Waals surface area contributed by atoms with E-state index in [1.807, 2.05) is 6.92 Å². The Morgan fingerprint density at radius 3 is 2.34 bits per heavy atom. The van der Waals surface area contributed by atoms with Gasteiger partial charge in [0.15, 0.2) is 6.17 Å². The molecule has 1 aromatic carbocycles. The summed E-state index contributed by atoms with van der Waals surface area (Å²) < 4.78 is 19.5. The molecule has 161 valence electrons. The summed E-state index contributed by atoms with van der Waals surface area (Å²) in [7, 11) is 0. The van der Waals surface area contributed by atoms with E-state index >= 15 is 0 Å². The molecule has 0 unspecified atom stereocenters. The summed E-state index contributed by atoms with van der Waals surface area (Å²) in [4.78, 5) is 12.0. The Bertz CT molecular complexity index is 612. The zero-order chi connectivity index (χ0) is 20.6. The molecule has 2 atom stereocenters. The van der Waals surface area contributed by atoms with Crippen molar-refractivity contribution in [2.45, 2.75) is 103 Å². The fourth-order valence-electron chi connectivity index (χ4n) is 4.79. The zero-order valence-corrected chi connectivity index (χ0v) is 18.2. The maximum Gasteiger partial charge on any atom is 0.341 e. The van der Waals surface area contributed by atoms with Crippen LogP contribution in [0.4, 0.5) is 4.39 Å². The van der Waals surface area contributed by atoms with Crippen LogP contribution in [0.5, 0.6) is 0 Å². The molecule has 2 aliphatic carbocycles. The average Bonchev–Trinajstić information content (AvgIpc) is 2.78. The van der Waals surface area contributed by atoms with Crippen LogP contribution in [0.2, 0.25) is 0 Å². The van der Waals surface area contributed by atoms with Crippen LogP contribution >= 0.6 is 0 Å². The van der Waals surface area contributed by atoms with Gasteiger partial charge in [0.1, 0.15) is 6.10 Å². The SMILES string of the molecule is CC[C@H](C)[C@H](F)C(=O)OC1CCC(c2ccc(CCC3CC[CH]CC3)cc2)CC1. The van der Waals surface area contributed by atoms with Crippen LogP contribution in [-0.2, 0) is 16.0 Å². The monoisotopic (exact) mass is 401 g/mol. The molecular formula is C26H38FO2. The molecule has 3 rings (SSSR count). The highest BCUT2D eigenvalue weighted by Gasteiger charge is 2.30. The summed E-state index contributed by atoms with van der Waals surface area (Å²) in [6.45, 7) is 3.66. The number of esters is 1. The minimum Gasteiger partial charge on any atom is -0.460 e. The number of hydrogen-bond acceptors (Lipinski definition) is 2. The van der Waals surface area contributed by atoms with Gasteiger partial charge in [0.05, 0.1) is 0 Å². The zero-order valence-electron chi connectivity index (χ0n) is 18.2. The minimum atomic E-state index is -1.49. The molecule has 0 heterocycles. The maximum absolute atomic E-state index is 14.0. The van der Waals surface area contributed by atoms with Gasteiger partial charge in [-0.2, -0.15) is 0 Å². The molecule has 1 aromatic rings. The summed E-state index contributed by atoms with van der Waals surface area (Å²) >= 11 is 0. The summed E-state index contributed by atoms with van der Waals surface area (Å²) in [6, 6.07) is 9.19. The van der Waals surface area contributed by atoms with E-state index in [2.05, 4.69) is 30.7 Å². The molecule has 2 fully saturated rings. The van der Waals surface area contributed by atoms with Gasteiger partial charge in [-0.1, -0.05) is 57.4 Å². The highest BCUT2D eigenvalue weighted by Crippen LogP contribution is 2.35. The first-order chi connectivity index (χ1) is 14.1. The Balaban J connectivity index is 1.41. The Kier molecular flexibility index (Phi) is 8.56. The molecular weight excluding hydrogens is 363 g/mol. The van der Waals surface area contributed by atoms with Gasteiger partial charge in [-0.05, 0) is 86.7 Å². The van der Waals surface area contributed by atoms with Gasteiger partial charge in [-0.3, -0.25) is 0 Å². The number of hydrogen-bond donors (Lipinski definition) is 0. The van der Waals surface area contributed by atoms with E-state index in [-0.39, 0.29) is 12.0 Å². The predicted octanol–water partition coefficient (Wildman–Crippen LogP) is 6.97. The quantitative estimate of drug-likeness (QED) is 0.440. The Morgan fingerprint density at radius 1 is 1.07 bits per heavy atom. The van der Waals surface area contributed by atoms with E-state index in [0.717, 1.165) is 31.6 Å². The number of carbonyl (C=O) groups is 1. The van der Waals surface area contributed by atoms with Gasteiger partial charge in [-0.15, -0.1) is 0 Å². The number of rotatable bonds is 8. The molecule has 0 N–H and O–H groups in total. The highest BCUT2D eigenvalue weighted by molar-refractivity contribution is 5.75. The van der Waals surface area contributed by atoms with Crippen LogP contribution in [0.25, 0.3) is 0 Å². The van der Waals surface area contributed by atoms with Gasteiger partial charge in [0.2, 0.25) is 0 Å². The number of carbonyl (C=O) groups excluding carboxylic acids is 1. The van der Waals surface area contributed by atoms with Crippen LogP contribution < -0.4 is 0 Å². The van der Waals surface area contributed by atoms with Crippen molar-refractivity contribution in [2.75, 3.05) is 0 Å². The van der Waals surface area contributed by atoms with Gasteiger partial charge in [0, 0.05) is 0 Å². The van der Waals surface area contributed by atoms with Crippen LogP contribution in [-0.4, -0.2) is 18.2 Å². The maximum atomic E-state index is 14.0. The average molecular weight is 402 g/mol. The summed E-state index contributed by atoms with van der Waals surface area (Å²) in [6.07, 6.45) is 13.0. The van der Waals surface area contributed by atoms with Gasteiger partial charge < -0.3 is 4.74 Å². The molecule has 1 radical (unpaired) electrons. The lowest BCUT2D eigenvalue weighted by Crippen LogP contribution is -2.31. The smallest absolute Gasteiger partial charge is 0.341 e. The highest BCUT2D eigenvalue weighted by atomic mass is 19.1. The predicted molar refractivity (Wildman–Crippen MR) is 116 cm³/mol. The third kappa shape index (κ3) is 6.55. The summed E-state index contributed by atoms with van der Waals surface area (Å²) in [5, 5.41) is 0. The lowest BCUT2D eigenvalue weighted by molar-refractivity contribution is -0.158. The molecule has 3 heteroatoms. The van der Waals surface area contributed by atoms with E-state index in [1.54, 1.807) is 6.92 Å². The second kappa shape index (κ2) is 11.1. The first-order valence-electron chi connectivity index (χ1n) is 11.8. The van der Waals surface area contributed by atoms with Crippen LogP contribution in [0.3, 0.4) is 0 Å². The first kappa shape index (κ1) is 22.3. The molecule has 0 aliphatic heterocycles. The van der Waals surface area contributed by atoms with Gasteiger partial charge in [0.25, 0.3) is 0 Å². The lowest BCUT2D eigenvalue weighted by Gasteiger charge is -2.29. The van der Waals surface area contributed by atoms with Crippen molar-refractivity contribution >= 4 is 5.97 Å². The normalized spacial score (nSPS) is 25.3. The topological polar surface area (TPSA) is 26.3 Å². The molecule has 2 saturated carbocycles. The van der Waals surface area contributed by atoms with Crippen molar-refractivity contribution in [3.8, 4) is 0 Å². The number of halogens is 1. The first-order valence-corrected chi connectivity index (χ1v) is 11.8. The van der Waals surface area contributed by atoms with Crippen LogP contribution in [0.1, 0.15) is 95.1 Å². The number of alkyl halides is 1. The van der Waals surface area contributed by atoms with Gasteiger partial charge >= 0.3 is 5.97 Å². The standard InChI is InChI=1S/C26H38FO2/c1-3-19(2)25(27)26(28)29-24-17-15-23(16-18-24)22-13-11-21(12-14-22)10-9-20-7-5-4-6-8-20/h4,11-14,19-20,23-25H,3,5-10,15-18H2,1-2H3/t19-,23?,24?,25-/m0/s1. The Morgan fingerprint density at radius 2 is 1.72 bits per heavy atom. The summed E-state index contributed by atoms with van der Waals surface area (Å²) in [5.41, 5.74) is 2.85. The second-order valence-electron chi connectivity index (χ2n) is 9.29. The van der Waals surface area contributed by atoms with E-state index in [0.29, 0.717) is 12.3 Å². The van der Waals surface area contributed by atoms with E-state index in [4.69, 9.17) is 4.74 Å². The second-order valence-corrected chi connectivity index (χ2v) is 9.29. The summed E-state index contributed by atoms with van der Waals surface area (Å²) in [5.74, 6) is 0.502. The van der Waals surface area contributed by atoms with Crippen LogP contribution in [0, 0.1) is 18.3 Å². The lowest BCUT2D eigenvalue weighted by atomic mass is 9.82. The molecule has 29 heavy (non-hydrogen) atoms. The third-order valence-electron chi connectivity index (χ3n) is 7.18. The van der Waals surface area contributed by atoms with Crippen molar-refractivity contribution in [1.82, 2.24) is 0 Å². The van der Waals surface area contributed by atoms with Crippen molar-refractivity contribution in [2.24, 2.45) is 11.8 Å². The molecule has 2 nitrogen and oxygen atoms in total. The van der Waals surface area contributed by atoms with Crippen molar-refractivity contribution in [1.29, 1.82) is 0 Å². The molecule has 0 aromatic heterocycles. The molecule has 0 amide bonds. The molecule has 0 spiro atoms. The fraction of sp³-hybridized carbons (Fsp3) is 0.692. The van der Waals surface area contributed by atoms with Crippen molar-refractivity contribution in [3.63, 3.8) is 0 Å². The van der Waals surface area contributed by atoms with E-state index in [9.17, 15) is 9.18 Å². The largest absolute Gasteiger partial charge is 0.460 e. The van der Waals surface area contributed by atoms with Gasteiger partial charge in [-0.25, -0.2) is 9.18 Å². The third-order valence-corrected chi connectivity index (χ3v) is 7.18. The number of benzene rings is 1. The van der Waals surface area contributed by atoms with Crippen molar-refractivity contribution < 1.29 is 13.9 Å². The van der Waals surface area contributed by atoms with Crippen molar-refractivity contribution in [3.05, 3.63) is 41.8 Å². The van der Waals surface area contributed by atoms with E-state index in [1.165, 1.54) is 49.7 Å².